The lowest BCUT2D eigenvalue weighted by molar-refractivity contribution is -0.384. The molecule has 1 saturated carbocycles. The topological polar surface area (TPSA) is 179 Å². The van der Waals surface area contributed by atoms with Crippen molar-refractivity contribution < 1.29 is 48.5 Å². The van der Waals surface area contributed by atoms with Crippen molar-refractivity contribution in [2.24, 2.45) is 22.9 Å². The Hall–Kier alpha value is -5.83. The third kappa shape index (κ3) is 9.15. The fourth-order valence-electron chi connectivity index (χ4n) is 9.05. The van der Waals surface area contributed by atoms with Gasteiger partial charge in [0.15, 0.2) is 6.29 Å². The predicted octanol–water partition coefficient (Wildman–Crippen LogP) is 7.64. The molecule has 60 heavy (non-hydrogen) atoms. The van der Waals surface area contributed by atoms with Crippen molar-refractivity contribution in [2.75, 3.05) is 41.1 Å². The van der Waals surface area contributed by atoms with Crippen molar-refractivity contribution in [1.29, 1.82) is 0 Å². The van der Waals surface area contributed by atoms with Crippen LogP contribution in [-0.4, -0.2) is 90.9 Å². The molecule has 3 aliphatic rings. The molecule has 14 nitrogen and oxygen atoms in total. The number of aldehydes is 1. The Morgan fingerprint density at radius 3 is 2.42 bits per heavy atom. The molecule has 14 heteroatoms. The van der Waals surface area contributed by atoms with Crippen molar-refractivity contribution in [3.05, 3.63) is 118 Å². The lowest BCUT2D eigenvalue weighted by atomic mass is 9.55. The molecule has 318 valence electrons. The number of hydrogen-bond donors (Lipinski definition) is 2. The SMILES string of the molecule is C=CCO[C@@]12Oc3ccc(Oc4ccc(OC)c(C=O)c4)cc3[C@H]3[C@H](CCCCO)[C@@H](CCCCO)C=C(C(=NOC)C[C@@H]1N(C)C(=O)C=Cc1ccc([N+](=O)[O-])cc1)[C@H]32. The molecule has 6 atom stereocenters. The zero-order chi connectivity index (χ0) is 42.8. The quantitative estimate of drug-likeness (QED) is 0.0286. The van der Waals surface area contributed by atoms with E-state index in [2.05, 4.69) is 17.8 Å². The van der Waals surface area contributed by atoms with E-state index in [9.17, 15) is 29.9 Å². The number of nitro groups is 1. The van der Waals surface area contributed by atoms with Crippen LogP contribution < -0.4 is 14.2 Å². The third-order valence-corrected chi connectivity index (χ3v) is 11.7. The second-order valence-electron chi connectivity index (χ2n) is 15.2. The number of amides is 1. The number of oxime groups is 1. The van der Waals surface area contributed by atoms with Crippen LogP contribution in [-0.2, 0) is 14.4 Å². The third-order valence-electron chi connectivity index (χ3n) is 11.7. The van der Waals surface area contributed by atoms with E-state index in [1.54, 1.807) is 60.5 Å². The van der Waals surface area contributed by atoms with Gasteiger partial charge in [0, 0.05) is 56.4 Å². The van der Waals surface area contributed by atoms with Crippen molar-refractivity contribution in [3.63, 3.8) is 0 Å². The standard InChI is InChI=1S/C46H53N3O11/c1-5-24-58-46-42(48(2)43(53)21-14-30-12-15-33(16-13-30)49(54)55)28-39(47-57-4)37-26-31(10-6-8-22-50)36(11-7-9-23-51)44(45(37)46)38-27-35(18-20-41(38)60-46)59-34-17-19-40(56-3)32(25-34)29-52/h5,12-21,25-27,29,31,36,42,44-45,50-51H,1,6-11,22-24,28H2,2-4H3/t31-,36+,42-,44+,45+,46+/m0/s1. The van der Waals surface area contributed by atoms with Crippen LogP contribution in [0.4, 0.5) is 5.69 Å². The van der Waals surface area contributed by atoms with Gasteiger partial charge in [-0.1, -0.05) is 30.1 Å². The highest BCUT2D eigenvalue weighted by atomic mass is 16.7. The number of carbonyl (C=O) groups is 2. The van der Waals surface area contributed by atoms with Crippen LogP contribution in [0.3, 0.4) is 0 Å². The Labute approximate surface area is 349 Å². The molecule has 3 aromatic rings. The molecule has 0 radical (unpaired) electrons. The van der Waals surface area contributed by atoms with Gasteiger partial charge in [-0.05, 0) is 103 Å². The molecule has 2 aliphatic carbocycles. The summed E-state index contributed by atoms with van der Waals surface area (Å²) in [6, 6.07) is 15.8. The Kier molecular flexibility index (Phi) is 14.5. The number of benzene rings is 3. The van der Waals surface area contributed by atoms with E-state index in [0.717, 1.165) is 36.8 Å². The molecule has 1 amide bonds. The number of likely N-dealkylation sites (N-methyl/N-ethyl adjacent to an activating group) is 1. The number of carbonyl (C=O) groups excluding carboxylic acids is 2. The second-order valence-corrected chi connectivity index (χ2v) is 15.2. The van der Waals surface area contributed by atoms with E-state index >= 15 is 0 Å². The number of methoxy groups -OCH3 is 1. The summed E-state index contributed by atoms with van der Waals surface area (Å²) < 4.78 is 25.8. The zero-order valence-corrected chi connectivity index (χ0v) is 34.2. The molecule has 1 aliphatic heterocycles. The summed E-state index contributed by atoms with van der Waals surface area (Å²) in [7, 11) is 4.68. The van der Waals surface area contributed by atoms with Crippen molar-refractivity contribution in [3.8, 4) is 23.0 Å². The number of nitrogens with zero attached hydrogens (tertiary/aromatic N) is 3. The first-order valence-corrected chi connectivity index (χ1v) is 20.2. The van der Waals surface area contributed by atoms with E-state index in [4.69, 9.17) is 23.8 Å². The number of aliphatic hydroxyl groups excluding tert-OH is 2. The highest BCUT2D eigenvalue weighted by Gasteiger charge is 2.65. The molecule has 0 aromatic heterocycles. The Morgan fingerprint density at radius 1 is 1.03 bits per heavy atom. The number of hydrogen-bond acceptors (Lipinski definition) is 12. The van der Waals surface area contributed by atoms with Gasteiger partial charge in [0.1, 0.15) is 36.1 Å². The Bertz CT molecular complexity index is 2120. The summed E-state index contributed by atoms with van der Waals surface area (Å²) in [6.07, 6.45) is 12.2. The van der Waals surface area contributed by atoms with Gasteiger partial charge < -0.3 is 38.9 Å². The van der Waals surface area contributed by atoms with Crippen LogP contribution in [0.15, 0.2) is 96.2 Å². The minimum atomic E-state index is -1.45. The summed E-state index contributed by atoms with van der Waals surface area (Å²) in [4.78, 5) is 43.9. The molecule has 0 spiro atoms. The molecular weight excluding hydrogens is 771 g/mol. The van der Waals surface area contributed by atoms with E-state index < -0.39 is 22.7 Å². The number of allylic oxidation sites excluding steroid dienone is 1. The fourth-order valence-corrected chi connectivity index (χ4v) is 9.05. The maximum atomic E-state index is 14.2. The predicted molar refractivity (Wildman–Crippen MR) is 225 cm³/mol. The number of fused-ring (bicyclic) bond motifs is 2. The molecule has 1 fully saturated rings. The van der Waals surface area contributed by atoms with Crippen molar-refractivity contribution >= 4 is 29.7 Å². The molecule has 1 heterocycles. The summed E-state index contributed by atoms with van der Waals surface area (Å²) in [6.45, 7) is 4.19. The van der Waals surface area contributed by atoms with Gasteiger partial charge in [0.05, 0.1) is 35.8 Å². The van der Waals surface area contributed by atoms with Crippen LogP contribution in [0.25, 0.3) is 6.08 Å². The van der Waals surface area contributed by atoms with Gasteiger partial charge in [0.2, 0.25) is 11.7 Å². The second kappa shape index (κ2) is 19.9. The van der Waals surface area contributed by atoms with Crippen LogP contribution >= 0.6 is 0 Å². The normalized spacial score (nSPS) is 23.4. The first kappa shape index (κ1) is 43.7. The number of aliphatic hydroxyl groups is 2. The Morgan fingerprint density at radius 2 is 1.75 bits per heavy atom. The van der Waals surface area contributed by atoms with Crippen LogP contribution in [0.2, 0.25) is 0 Å². The summed E-state index contributed by atoms with van der Waals surface area (Å²) in [5, 5.41) is 35.5. The maximum Gasteiger partial charge on any atom is 0.269 e. The average Bonchev–Trinajstić information content (AvgIpc) is 3.26. The van der Waals surface area contributed by atoms with Crippen LogP contribution in [0, 0.1) is 27.9 Å². The molecule has 6 rings (SSSR count). The van der Waals surface area contributed by atoms with Gasteiger partial charge in [-0.3, -0.25) is 19.7 Å². The number of ether oxygens (including phenoxy) is 4. The highest BCUT2D eigenvalue weighted by Crippen LogP contribution is 2.62. The summed E-state index contributed by atoms with van der Waals surface area (Å²) >= 11 is 0. The van der Waals surface area contributed by atoms with E-state index in [1.165, 1.54) is 32.4 Å². The first-order chi connectivity index (χ1) is 29.1. The van der Waals surface area contributed by atoms with Gasteiger partial charge in [0.25, 0.3) is 5.69 Å². The van der Waals surface area contributed by atoms with Crippen LogP contribution in [0.1, 0.15) is 72.3 Å². The van der Waals surface area contributed by atoms with Gasteiger partial charge in [-0.25, -0.2) is 0 Å². The van der Waals surface area contributed by atoms with Gasteiger partial charge >= 0.3 is 0 Å². The molecular formula is C46H53N3O11. The smallest absolute Gasteiger partial charge is 0.269 e. The zero-order valence-electron chi connectivity index (χ0n) is 34.2. The Balaban J connectivity index is 1.50. The van der Waals surface area contributed by atoms with E-state index in [0.29, 0.717) is 59.0 Å². The van der Waals surface area contributed by atoms with Gasteiger partial charge in [-0.2, -0.15) is 0 Å². The maximum absolute atomic E-state index is 14.2. The minimum absolute atomic E-state index is 0.00170. The lowest BCUT2D eigenvalue weighted by Crippen LogP contribution is -2.69. The number of unbranched alkanes of at least 4 members (excludes halogenated alkanes) is 2. The monoisotopic (exact) mass is 823 g/mol. The molecule has 0 saturated heterocycles. The summed E-state index contributed by atoms with van der Waals surface area (Å²) in [5.74, 6) is -0.609. The molecule has 0 bridgehead atoms. The fraction of sp³-hybridized carbons (Fsp3) is 0.413. The van der Waals surface area contributed by atoms with E-state index in [1.807, 2.05) is 12.1 Å². The van der Waals surface area contributed by atoms with Crippen molar-refractivity contribution in [1.82, 2.24) is 4.90 Å². The molecule has 3 aromatic carbocycles. The minimum Gasteiger partial charge on any atom is -0.496 e. The van der Waals surface area contributed by atoms with Crippen LogP contribution in [0.5, 0.6) is 23.0 Å². The lowest BCUT2D eigenvalue weighted by Gasteiger charge is -2.59. The largest absolute Gasteiger partial charge is 0.496 e. The average molecular weight is 824 g/mol. The molecule has 2 N–H and O–H groups in total. The first-order valence-electron chi connectivity index (χ1n) is 20.2. The molecule has 0 unspecified atom stereocenters. The van der Waals surface area contributed by atoms with Crippen molar-refractivity contribution in [2.45, 2.75) is 62.7 Å². The summed E-state index contributed by atoms with van der Waals surface area (Å²) in [5.41, 5.74) is 3.31. The number of rotatable bonds is 20. The highest BCUT2D eigenvalue weighted by molar-refractivity contribution is 6.03. The number of nitro benzene ring substituents is 1. The number of non-ortho nitro benzene ring substituents is 1. The van der Waals surface area contributed by atoms with E-state index in [-0.39, 0.29) is 55.6 Å². The van der Waals surface area contributed by atoms with Gasteiger partial charge in [-0.15, -0.1) is 6.58 Å².